The number of hydrogen-bond acceptors (Lipinski definition) is 5. The molecule has 9 heteroatoms. The van der Waals surface area contributed by atoms with Crippen molar-refractivity contribution in [1.29, 1.82) is 0 Å². The molecule has 1 aromatic rings. The number of halogens is 3. The first kappa shape index (κ1) is 13.1. The van der Waals surface area contributed by atoms with Gasteiger partial charge in [-0.15, -0.1) is 5.10 Å². The van der Waals surface area contributed by atoms with E-state index >= 15 is 0 Å². The fourth-order valence-corrected chi connectivity index (χ4v) is 0.785. The number of nitrogens with one attached hydrogen (secondary N) is 1. The molecule has 0 radical (unpaired) electrons. The van der Waals surface area contributed by atoms with Crippen molar-refractivity contribution >= 4 is 12.0 Å². The number of amides is 1. The van der Waals surface area contributed by atoms with Crippen LogP contribution < -0.4 is 5.32 Å². The average molecular weight is 250 g/mol. The van der Waals surface area contributed by atoms with Crippen molar-refractivity contribution in [2.45, 2.75) is 20.0 Å². The molecule has 0 atom stereocenters. The van der Waals surface area contributed by atoms with Crippen LogP contribution >= 0.6 is 0 Å². The molecule has 1 rings (SSSR count). The van der Waals surface area contributed by atoms with Gasteiger partial charge < -0.3 is 4.74 Å². The molecule has 0 saturated carbocycles. The third-order valence-corrected chi connectivity index (χ3v) is 1.67. The minimum absolute atomic E-state index is 0.208. The average Bonchev–Trinajstić information content (AvgIpc) is 2.20. The number of aryl methyl sites for hydroxylation is 2. The molecule has 0 aliphatic rings. The number of carbonyl (C=O) groups excluding carboxylic acids is 1. The third kappa shape index (κ3) is 4.62. The summed E-state index contributed by atoms with van der Waals surface area (Å²) >= 11 is 0. The summed E-state index contributed by atoms with van der Waals surface area (Å²) in [7, 11) is 0. The number of nitrogens with zero attached hydrogens (tertiary/aromatic N) is 3. The summed E-state index contributed by atoms with van der Waals surface area (Å²) in [5, 5.41) is 9.04. The molecule has 0 unspecified atom stereocenters. The second-order valence-electron chi connectivity index (χ2n) is 3.12. The SMILES string of the molecule is Cc1nnc(NC(=O)OCC(F)(F)F)nc1C. The zero-order valence-electron chi connectivity index (χ0n) is 9.00. The number of aromatic nitrogens is 3. The Morgan fingerprint density at radius 3 is 2.47 bits per heavy atom. The minimum Gasteiger partial charge on any atom is -0.440 e. The summed E-state index contributed by atoms with van der Waals surface area (Å²) in [5.74, 6) is -0.208. The maximum absolute atomic E-state index is 11.7. The van der Waals surface area contributed by atoms with E-state index in [1.54, 1.807) is 13.8 Å². The van der Waals surface area contributed by atoms with Crippen LogP contribution in [0.2, 0.25) is 0 Å². The van der Waals surface area contributed by atoms with E-state index in [-0.39, 0.29) is 5.95 Å². The Kier molecular flexibility index (Phi) is 3.81. The molecule has 1 amide bonds. The highest BCUT2D eigenvalue weighted by atomic mass is 19.4. The van der Waals surface area contributed by atoms with Crippen molar-refractivity contribution in [2.75, 3.05) is 11.9 Å². The Bertz CT molecular complexity index is 422. The number of alkyl halides is 3. The predicted molar refractivity (Wildman–Crippen MR) is 50.3 cm³/mol. The normalized spacial score (nSPS) is 11.1. The van der Waals surface area contributed by atoms with Gasteiger partial charge in [0, 0.05) is 0 Å². The molecule has 0 aliphatic carbocycles. The molecule has 94 valence electrons. The van der Waals surface area contributed by atoms with Crippen molar-refractivity contribution in [3.8, 4) is 0 Å². The first-order valence-corrected chi connectivity index (χ1v) is 4.46. The van der Waals surface area contributed by atoms with Crippen LogP contribution in [0.3, 0.4) is 0 Å². The molecule has 0 bridgehead atoms. The first-order valence-electron chi connectivity index (χ1n) is 4.46. The summed E-state index contributed by atoms with van der Waals surface area (Å²) in [6.07, 6.45) is -5.85. The topological polar surface area (TPSA) is 77.0 Å². The molecule has 0 spiro atoms. The van der Waals surface area contributed by atoms with Crippen LogP contribution in [-0.2, 0) is 4.74 Å². The Labute approximate surface area is 94.2 Å². The molecule has 0 fully saturated rings. The summed E-state index contributed by atoms with van der Waals surface area (Å²) in [6.45, 7) is 1.61. The van der Waals surface area contributed by atoms with Gasteiger partial charge in [0.05, 0.1) is 11.4 Å². The first-order chi connectivity index (χ1) is 7.78. The molecule has 0 saturated heterocycles. The smallest absolute Gasteiger partial charge is 0.422 e. The maximum Gasteiger partial charge on any atom is 0.422 e. The standard InChI is InChI=1S/C8H9F3N4O2/c1-4-5(2)14-15-6(12-4)13-7(16)17-3-8(9,10)11/h3H2,1-2H3,(H,12,13,15,16). The Morgan fingerprint density at radius 2 is 1.94 bits per heavy atom. The molecule has 1 heterocycles. The lowest BCUT2D eigenvalue weighted by Crippen LogP contribution is -2.24. The van der Waals surface area contributed by atoms with E-state index in [1.165, 1.54) is 0 Å². The zero-order valence-corrected chi connectivity index (χ0v) is 9.00. The van der Waals surface area contributed by atoms with Crippen LogP contribution in [0.15, 0.2) is 0 Å². The Hall–Kier alpha value is -1.93. The largest absolute Gasteiger partial charge is 0.440 e. The number of hydrogen-bond donors (Lipinski definition) is 1. The van der Waals surface area contributed by atoms with Crippen LogP contribution in [0.5, 0.6) is 0 Å². The van der Waals surface area contributed by atoms with Crippen LogP contribution in [-0.4, -0.2) is 34.1 Å². The van der Waals surface area contributed by atoms with Gasteiger partial charge in [0.25, 0.3) is 5.95 Å². The fourth-order valence-electron chi connectivity index (χ4n) is 0.785. The molecule has 0 aromatic carbocycles. The number of rotatable bonds is 2. The fraction of sp³-hybridized carbons (Fsp3) is 0.500. The number of anilines is 1. The van der Waals surface area contributed by atoms with E-state index in [4.69, 9.17) is 0 Å². The van der Waals surface area contributed by atoms with E-state index in [2.05, 4.69) is 19.9 Å². The van der Waals surface area contributed by atoms with Gasteiger partial charge in [-0.1, -0.05) is 0 Å². The van der Waals surface area contributed by atoms with Crippen molar-refractivity contribution in [1.82, 2.24) is 15.2 Å². The van der Waals surface area contributed by atoms with E-state index in [9.17, 15) is 18.0 Å². The zero-order chi connectivity index (χ0) is 13.1. The van der Waals surface area contributed by atoms with Crippen LogP contribution in [0, 0.1) is 13.8 Å². The predicted octanol–water partition coefficient (Wildman–Crippen LogP) is 1.60. The van der Waals surface area contributed by atoms with Gasteiger partial charge in [0.1, 0.15) is 0 Å². The van der Waals surface area contributed by atoms with Gasteiger partial charge in [-0.05, 0) is 13.8 Å². The second-order valence-corrected chi connectivity index (χ2v) is 3.12. The van der Waals surface area contributed by atoms with E-state index < -0.39 is 18.9 Å². The number of carbonyl (C=O) groups is 1. The van der Waals surface area contributed by atoms with Crippen LogP contribution in [0.1, 0.15) is 11.4 Å². The molecular weight excluding hydrogens is 241 g/mol. The maximum atomic E-state index is 11.7. The van der Waals surface area contributed by atoms with Crippen molar-refractivity contribution in [3.63, 3.8) is 0 Å². The lowest BCUT2D eigenvalue weighted by molar-refractivity contribution is -0.159. The molecule has 6 nitrogen and oxygen atoms in total. The van der Waals surface area contributed by atoms with Crippen LogP contribution in [0.25, 0.3) is 0 Å². The van der Waals surface area contributed by atoms with Gasteiger partial charge >= 0.3 is 12.3 Å². The van der Waals surface area contributed by atoms with Gasteiger partial charge in [0.2, 0.25) is 0 Å². The van der Waals surface area contributed by atoms with Gasteiger partial charge in [-0.3, -0.25) is 5.32 Å². The van der Waals surface area contributed by atoms with Gasteiger partial charge in [-0.2, -0.15) is 18.3 Å². The molecule has 1 aromatic heterocycles. The lowest BCUT2D eigenvalue weighted by atomic mass is 10.4. The molecular formula is C8H9F3N4O2. The second kappa shape index (κ2) is 4.93. The monoisotopic (exact) mass is 250 g/mol. The molecule has 1 N–H and O–H groups in total. The van der Waals surface area contributed by atoms with Crippen molar-refractivity contribution < 1.29 is 22.7 Å². The highest BCUT2D eigenvalue weighted by Crippen LogP contribution is 2.14. The highest BCUT2D eigenvalue weighted by molar-refractivity contribution is 5.82. The highest BCUT2D eigenvalue weighted by Gasteiger charge is 2.29. The summed E-state index contributed by atoms with van der Waals surface area (Å²) in [6, 6.07) is 0. The van der Waals surface area contributed by atoms with E-state index in [0.717, 1.165) is 0 Å². The van der Waals surface area contributed by atoms with Crippen LogP contribution in [0.4, 0.5) is 23.9 Å². The third-order valence-electron chi connectivity index (χ3n) is 1.67. The quantitative estimate of drug-likeness (QED) is 0.862. The van der Waals surface area contributed by atoms with Gasteiger partial charge in [0.15, 0.2) is 6.61 Å². The summed E-state index contributed by atoms with van der Waals surface area (Å²) in [4.78, 5) is 14.7. The Morgan fingerprint density at radius 1 is 1.29 bits per heavy atom. The van der Waals surface area contributed by atoms with Crippen molar-refractivity contribution in [2.24, 2.45) is 0 Å². The van der Waals surface area contributed by atoms with Crippen molar-refractivity contribution in [3.05, 3.63) is 11.4 Å². The minimum atomic E-state index is -4.57. The molecule has 17 heavy (non-hydrogen) atoms. The lowest BCUT2D eigenvalue weighted by Gasteiger charge is -2.08. The van der Waals surface area contributed by atoms with E-state index in [0.29, 0.717) is 11.4 Å². The summed E-state index contributed by atoms with van der Waals surface area (Å²) in [5.41, 5.74) is 1.06. The summed E-state index contributed by atoms with van der Waals surface area (Å²) < 4.78 is 39.1. The number of ether oxygens (including phenoxy) is 1. The van der Waals surface area contributed by atoms with Gasteiger partial charge in [-0.25, -0.2) is 9.78 Å². The Balaban J connectivity index is 2.54. The molecule has 0 aliphatic heterocycles. The van der Waals surface area contributed by atoms with E-state index in [1.807, 2.05) is 5.32 Å².